The summed E-state index contributed by atoms with van der Waals surface area (Å²) >= 11 is 0. The third-order valence-corrected chi connectivity index (χ3v) is 7.30. The molecule has 0 radical (unpaired) electrons. The fourth-order valence-electron chi connectivity index (χ4n) is 5.51. The average Bonchev–Trinajstić information content (AvgIpc) is 2.92. The van der Waals surface area contributed by atoms with Crippen molar-refractivity contribution in [1.29, 1.82) is 0 Å². The Bertz CT molecular complexity index is 1350. The van der Waals surface area contributed by atoms with Gasteiger partial charge in [-0.3, -0.25) is 9.78 Å². The maximum atomic E-state index is 15.2. The van der Waals surface area contributed by atoms with Gasteiger partial charge in [0.1, 0.15) is 34.5 Å². The number of carbonyl (C=O) groups excluding carboxylic acids is 1. The van der Waals surface area contributed by atoms with Crippen LogP contribution in [0.15, 0.2) is 42.7 Å². The minimum Gasteiger partial charge on any atom is -0.496 e. The second kappa shape index (κ2) is 12.7. The van der Waals surface area contributed by atoms with Crippen LogP contribution in [0.25, 0.3) is 11.3 Å². The Morgan fingerprint density at radius 2 is 1.93 bits per heavy atom. The van der Waals surface area contributed by atoms with Gasteiger partial charge in [0.15, 0.2) is 0 Å². The molecule has 8 nitrogen and oxygen atoms in total. The largest absolute Gasteiger partial charge is 0.496 e. The molecule has 214 valence electrons. The number of amides is 1. The summed E-state index contributed by atoms with van der Waals surface area (Å²) in [7, 11) is 3.02. The highest BCUT2D eigenvalue weighted by molar-refractivity contribution is 6.03. The molecule has 1 aromatic carbocycles. The molecule has 0 spiro atoms. The Morgan fingerprint density at radius 1 is 1.15 bits per heavy atom. The summed E-state index contributed by atoms with van der Waals surface area (Å²) in [6.45, 7) is 5.72. The van der Waals surface area contributed by atoms with Crippen molar-refractivity contribution >= 4 is 11.6 Å². The summed E-state index contributed by atoms with van der Waals surface area (Å²) in [6, 6.07) is 6.65. The lowest BCUT2D eigenvalue weighted by atomic mass is 9.73. The van der Waals surface area contributed by atoms with Crippen LogP contribution in [0, 0.1) is 17.6 Å². The number of methoxy groups -OCH3 is 2. The number of carbonyl (C=O) groups is 1. The van der Waals surface area contributed by atoms with E-state index < -0.39 is 17.5 Å². The van der Waals surface area contributed by atoms with Gasteiger partial charge < -0.3 is 25.3 Å². The Balaban J connectivity index is 1.63. The van der Waals surface area contributed by atoms with Crippen LogP contribution >= 0.6 is 0 Å². The molecule has 2 heterocycles. The number of halogens is 2. The lowest BCUT2D eigenvalue weighted by Gasteiger charge is -2.39. The second-order valence-corrected chi connectivity index (χ2v) is 10.3. The predicted molar refractivity (Wildman–Crippen MR) is 149 cm³/mol. The molecule has 1 fully saturated rings. The van der Waals surface area contributed by atoms with Gasteiger partial charge in [0.25, 0.3) is 5.91 Å². The fourth-order valence-corrected chi connectivity index (χ4v) is 5.51. The van der Waals surface area contributed by atoms with Crippen LogP contribution in [0.3, 0.4) is 0 Å². The maximum Gasteiger partial charge on any atom is 0.274 e. The smallest absolute Gasteiger partial charge is 0.274 e. The van der Waals surface area contributed by atoms with Gasteiger partial charge >= 0.3 is 0 Å². The number of pyridine rings is 2. The van der Waals surface area contributed by atoms with Crippen molar-refractivity contribution in [1.82, 2.24) is 9.97 Å². The molecule has 1 aliphatic rings. The number of hydrogen-bond acceptors (Lipinski definition) is 7. The average molecular weight is 555 g/mol. The van der Waals surface area contributed by atoms with Gasteiger partial charge in [-0.05, 0) is 62.3 Å². The van der Waals surface area contributed by atoms with E-state index in [-0.39, 0.29) is 58.5 Å². The van der Waals surface area contributed by atoms with E-state index in [1.807, 2.05) is 6.07 Å². The number of ether oxygens (including phenoxy) is 3. The van der Waals surface area contributed by atoms with Crippen LogP contribution in [0.5, 0.6) is 11.5 Å². The summed E-state index contributed by atoms with van der Waals surface area (Å²) in [5.41, 5.74) is 7.23. The van der Waals surface area contributed by atoms with Crippen molar-refractivity contribution in [2.45, 2.75) is 64.2 Å². The van der Waals surface area contributed by atoms with Crippen LogP contribution < -0.4 is 20.5 Å². The van der Waals surface area contributed by atoms with E-state index in [0.29, 0.717) is 12.1 Å². The molecule has 3 N–H and O–H groups in total. The van der Waals surface area contributed by atoms with Crippen molar-refractivity contribution in [3.05, 3.63) is 65.6 Å². The van der Waals surface area contributed by atoms with Crippen LogP contribution in [0.1, 0.15) is 62.0 Å². The number of nitrogens with two attached hydrogens (primary N) is 1. The number of benzene rings is 1. The highest BCUT2D eigenvalue weighted by Gasteiger charge is 2.36. The van der Waals surface area contributed by atoms with Crippen LogP contribution in [0.2, 0.25) is 0 Å². The maximum absolute atomic E-state index is 15.2. The first kappa shape index (κ1) is 29.4. The van der Waals surface area contributed by atoms with Crippen molar-refractivity contribution in [3.8, 4) is 22.8 Å². The molecule has 1 amide bonds. The Hall–Kier alpha value is -3.63. The van der Waals surface area contributed by atoms with Gasteiger partial charge in [-0.15, -0.1) is 0 Å². The highest BCUT2D eigenvalue weighted by Crippen LogP contribution is 2.41. The minimum absolute atomic E-state index is 0.0219. The fraction of sp³-hybridized carbons (Fsp3) is 0.433. The molecule has 0 unspecified atom stereocenters. The number of nitrogens with zero attached hydrogens (tertiary/aromatic N) is 2. The lowest BCUT2D eigenvalue weighted by molar-refractivity contribution is 0.00154. The number of nitrogens with one attached hydrogen (secondary N) is 1. The van der Waals surface area contributed by atoms with Crippen LogP contribution in [0.4, 0.5) is 14.5 Å². The van der Waals surface area contributed by atoms with Gasteiger partial charge in [0.2, 0.25) is 0 Å². The summed E-state index contributed by atoms with van der Waals surface area (Å²) < 4.78 is 46.7. The molecule has 2 aromatic heterocycles. The summed E-state index contributed by atoms with van der Waals surface area (Å²) in [5, 5.41) is 2.87. The molecule has 10 heteroatoms. The molecule has 40 heavy (non-hydrogen) atoms. The van der Waals surface area contributed by atoms with Crippen molar-refractivity contribution < 1.29 is 27.8 Å². The van der Waals surface area contributed by atoms with E-state index in [2.05, 4.69) is 22.2 Å². The topological polar surface area (TPSA) is 109 Å². The Morgan fingerprint density at radius 3 is 2.60 bits per heavy atom. The first-order valence-corrected chi connectivity index (χ1v) is 13.4. The first-order valence-electron chi connectivity index (χ1n) is 13.4. The number of anilines is 1. The molecule has 0 aliphatic heterocycles. The highest BCUT2D eigenvalue weighted by atomic mass is 19.1. The van der Waals surface area contributed by atoms with E-state index in [4.69, 9.17) is 19.9 Å². The second-order valence-electron chi connectivity index (χ2n) is 10.3. The van der Waals surface area contributed by atoms with Crippen LogP contribution in [-0.4, -0.2) is 48.3 Å². The van der Waals surface area contributed by atoms with Crippen molar-refractivity contribution in [2.24, 2.45) is 11.7 Å². The molecule has 1 aliphatic carbocycles. The zero-order valence-electron chi connectivity index (χ0n) is 23.4. The van der Waals surface area contributed by atoms with Gasteiger partial charge in [-0.1, -0.05) is 13.3 Å². The van der Waals surface area contributed by atoms with E-state index in [1.165, 1.54) is 19.2 Å². The quantitative estimate of drug-likeness (QED) is 0.348. The van der Waals surface area contributed by atoms with Crippen LogP contribution in [-0.2, 0) is 4.74 Å². The summed E-state index contributed by atoms with van der Waals surface area (Å²) in [5.74, 6) is -1.55. The zero-order valence-corrected chi connectivity index (χ0v) is 23.4. The molecular weight excluding hydrogens is 518 g/mol. The first-order chi connectivity index (χ1) is 19.2. The number of rotatable bonds is 9. The SMILES string of the molecule is CC[C@H]1C[C@@H](c2ccncc2NC(=O)c2ccc(F)c(-c3c(F)cc(OC(C)C)cc3OC)n2)C[C@@H](N)[C@@H]1OC. The third-order valence-electron chi connectivity index (χ3n) is 7.30. The van der Waals surface area contributed by atoms with E-state index in [9.17, 15) is 9.18 Å². The number of hydrogen-bond donors (Lipinski definition) is 2. The lowest BCUT2D eigenvalue weighted by Crippen LogP contribution is -2.46. The Labute approximate surface area is 233 Å². The van der Waals surface area contributed by atoms with E-state index >= 15 is 4.39 Å². The van der Waals surface area contributed by atoms with Crippen molar-refractivity contribution in [3.63, 3.8) is 0 Å². The van der Waals surface area contributed by atoms with E-state index in [0.717, 1.165) is 30.5 Å². The summed E-state index contributed by atoms with van der Waals surface area (Å²) in [6.07, 6.45) is 5.49. The summed E-state index contributed by atoms with van der Waals surface area (Å²) in [4.78, 5) is 21.7. The molecule has 1 saturated carbocycles. The molecule has 4 rings (SSSR count). The monoisotopic (exact) mass is 554 g/mol. The van der Waals surface area contributed by atoms with Gasteiger partial charge in [-0.2, -0.15) is 0 Å². The molecular formula is C30H36F2N4O4. The normalized spacial score (nSPS) is 20.8. The Kier molecular flexibility index (Phi) is 9.32. The predicted octanol–water partition coefficient (Wildman–Crippen LogP) is 5.72. The third kappa shape index (κ3) is 6.23. The van der Waals surface area contributed by atoms with Crippen molar-refractivity contribution in [2.75, 3.05) is 19.5 Å². The van der Waals surface area contributed by atoms with E-state index in [1.54, 1.807) is 33.4 Å². The molecule has 0 saturated heterocycles. The van der Waals surface area contributed by atoms with Gasteiger partial charge in [0.05, 0.1) is 36.8 Å². The van der Waals surface area contributed by atoms with Gasteiger partial charge in [0, 0.05) is 31.5 Å². The zero-order chi connectivity index (χ0) is 29.0. The number of aromatic nitrogens is 2. The molecule has 3 aromatic rings. The minimum atomic E-state index is -0.803. The standard InChI is InChI=1S/C30H36F2N4O4/c1-6-17-11-18(12-23(33)29(17)39-5)20-9-10-34-15-25(20)36-30(37)24-8-7-21(31)28(35-24)27-22(32)13-19(40-16(2)3)14-26(27)38-4/h7-10,13-18,23,29H,6,11-12,33H2,1-5H3,(H,36,37)/t17-,18+,23+,29+/m0/s1. The van der Waals surface area contributed by atoms with Gasteiger partial charge in [-0.25, -0.2) is 13.8 Å². The molecule has 4 atom stereocenters. The molecule has 0 bridgehead atoms.